The second kappa shape index (κ2) is 8.20. The van der Waals surface area contributed by atoms with Gasteiger partial charge in [0, 0.05) is 35.6 Å². The van der Waals surface area contributed by atoms with Gasteiger partial charge >= 0.3 is 0 Å². The highest BCUT2D eigenvalue weighted by Crippen LogP contribution is 2.39. The Kier molecular flexibility index (Phi) is 5.65. The summed E-state index contributed by atoms with van der Waals surface area (Å²) in [6, 6.07) is 5.54. The molecule has 0 bridgehead atoms. The molecule has 29 heavy (non-hydrogen) atoms. The topological polar surface area (TPSA) is 105 Å². The molecule has 2 aromatic rings. The van der Waals surface area contributed by atoms with Gasteiger partial charge in [-0.1, -0.05) is 0 Å². The standard InChI is InChI=1S/C21H23N3O3S2/c1-28-21-17-13(3-2-4-15(17)25)18(29-21)20(26)24-8-7-12-10-27-16-6-5-11(19(22)23)9-14(12)16/h5-6,9,12H,2-4,7-8,10H2,1H3,(H3,22,23)(H,24,26). The van der Waals surface area contributed by atoms with Gasteiger partial charge in [-0.25, -0.2) is 0 Å². The second-order valence-electron chi connectivity index (χ2n) is 7.27. The molecule has 4 rings (SSSR count). The molecule has 0 saturated heterocycles. The lowest BCUT2D eigenvalue weighted by atomic mass is 9.92. The largest absolute Gasteiger partial charge is 0.493 e. The van der Waals surface area contributed by atoms with Crippen LogP contribution in [0.25, 0.3) is 0 Å². The average molecular weight is 430 g/mol. The highest BCUT2D eigenvalue weighted by Gasteiger charge is 2.29. The van der Waals surface area contributed by atoms with Crippen molar-refractivity contribution in [3.05, 3.63) is 45.3 Å². The van der Waals surface area contributed by atoms with Crippen LogP contribution in [0, 0.1) is 5.41 Å². The van der Waals surface area contributed by atoms with Crippen molar-refractivity contribution in [2.45, 2.75) is 35.8 Å². The van der Waals surface area contributed by atoms with E-state index >= 15 is 0 Å². The molecular weight excluding hydrogens is 406 g/mol. The van der Waals surface area contributed by atoms with Gasteiger partial charge in [0.05, 0.1) is 15.7 Å². The van der Waals surface area contributed by atoms with Gasteiger partial charge in [-0.3, -0.25) is 15.0 Å². The second-order valence-corrected chi connectivity index (χ2v) is 9.37. The van der Waals surface area contributed by atoms with Crippen molar-refractivity contribution in [1.82, 2.24) is 5.32 Å². The molecule has 152 valence electrons. The van der Waals surface area contributed by atoms with Crippen molar-refractivity contribution in [2.24, 2.45) is 5.73 Å². The van der Waals surface area contributed by atoms with Gasteiger partial charge in [0.2, 0.25) is 0 Å². The van der Waals surface area contributed by atoms with Crippen molar-refractivity contribution in [1.29, 1.82) is 5.41 Å². The molecule has 2 aliphatic rings. The quantitative estimate of drug-likeness (QED) is 0.370. The van der Waals surface area contributed by atoms with Gasteiger partial charge in [0.25, 0.3) is 5.91 Å². The summed E-state index contributed by atoms with van der Waals surface area (Å²) < 4.78 is 6.68. The number of amidine groups is 1. The van der Waals surface area contributed by atoms with Gasteiger partial charge in [-0.2, -0.15) is 0 Å². The molecule has 1 aromatic carbocycles. The van der Waals surface area contributed by atoms with Crippen LogP contribution in [0.4, 0.5) is 0 Å². The maximum Gasteiger partial charge on any atom is 0.261 e. The van der Waals surface area contributed by atoms with Crippen LogP contribution < -0.4 is 15.8 Å². The van der Waals surface area contributed by atoms with Crippen molar-refractivity contribution in [3.63, 3.8) is 0 Å². The number of nitrogens with two attached hydrogens (primary N) is 1. The fraction of sp³-hybridized carbons (Fsp3) is 0.381. The Balaban J connectivity index is 1.43. The number of Topliss-reactive ketones (excluding diaryl/α,β-unsaturated/α-hetero) is 1. The predicted octanol–water partition coefficient (Wildman–Crippen LogP) is 3.57. The molecule has 1 aromatic heterocycles. The van der Waals surface area contributed by atoms with Crippen LogP contribution in [0.2, 0.25) is 0 Å². The number of nitrogen functional groups attached to an aromatic ring is 1. The number of thiophene rings is 1. The first kappa shape index (κ1) is 20.0. The van der Waals surface area contributed by atoms with Gasteiger partial charge in [-0.15, -0.1) is 23.1 Å². The number of carbonyl (C=O) groups excluding carboxylic acids is 2. The van der Waals surface area contributed by atoms with Crippen LogP contribution in [0.1, 0.15) is 61.9 Å². The van der Waals surface area contributed by atoms with Crippen molar-refractivity contribution in [3.8, 4) is 5.75 Å². The molecule has 1 atom stereocenters. The zero-order valence-corrected chi connectivity index (χ0v) is 17.8. The molecule has 2 heterocycles. The van der Waals surface area contributed by atoms with Gasteiger partial charge in [0.15, 0.2) is 5.78 Å². The number of rotatable bonds is 6. The monoisotopic (exact) mass is 429 g/mol. The van der Waals surface area contributed by atoms with E-state index in [0.29, 0.717) is 30.0 Å². The first-order valence-electron chi connectivity index (χ1n) is 9.61. The van der Waals surface area contributed by atoms with E-state index in [2.05, 4.69) is 5.32 Å². The normalized spacial score (nSPS) is 17.4. The summed E-state index contributed by atoms with van der Waals surface area (Å²) in [5, 5.41) is 10.6. The molecule has 6 nitrogen and oxygen atoms in total. The zero-order chi connectivity index (χ0) is 20.5. The average Bonchev–Trinajstić information content (AvgIpc) is 3.29. The Bertz CT molecular complexity index is 999. The third-order valence-electron chi connectivity index (χ3n) is 5.45. The zero-order valence-electron chi connectivity index (χ0n) is 16.2. The smallest absolute Gasteiger partial charge is 0.261 e. The van der Waals surface area contributed by atoms with Gasteiger partial charge < -0.3 is 15.8 Å². The minimum absolute atomic E-state index is 0.0355. The lowest BCUT2D eigenvalue weighted by molar-refractivity contribution is 0.0955. The molecule has 4 N–H and O–H groups in total. The van der Waals surface area contributed by atoms with Crippen LogP contribution in [0.5, 0.6) is 5.75 Å². The summed E-state index contributed by atoms with van der Waals surface area (Å²) in [5.74, 6) is 1.07. The van der Waals surface area contributed by atoms with Gasteiger partial charge in [0.1, 0.15) is 11.6 Å². The Labute approximate surface area is 177 Å². The highest BCUT2D eigenvalue weighted by molar-refractivity contribution is 8.00. The van der Waals surface area contributed by atoms with Crippen molar-refractivity contribution >= 4 is 40.6 Å². The van der Waals surface area contributed by atoms with E-state index in [9.17, 15) is 9.59 Å². The molecule has 8 heteroatoms. The molecule has 1 unspecified atom stereocenters. The number of hydrogen-bond donors (Lipinski definition) is 3. The van der Waals surface area contributed by atoms with E-state index in [0.717, 1.165) is 45.9 Å². The number of thioether (sulfide) groups is 1. The molecule has 0 spiro atoms. The van der Waals surface area contributed by atoms with Crippen LogP contribution in [0.3, 0.4) is 0 Å². The molecule has 1 aliphatic heterocycles. The van der Waals surface area contributed by atoms with Crippen LogP contribution in [-0.4, -0.2) is 36.9 Å². The summed E-state index contributed by atoms with van der Waals surface area (Å²) in [4.78, 5) is 25.8. The van der Waals surface area contributed by atoms with E-state index in [-0.39, 0.29) is 23.4 Å². The third-order valence-corrected chi connectivity index (χ3v) is 7.81. The summed E-state index contributed by atoms with van der Waals surface area (Å²) >= 11 is 2.97. The van der Waals surface area contributed by atoms with E-state index < -0.39 is 0 Å². The van der Waals surface area contributed by atoms with Crippen LogP contribution in [0.15, 0.2) is 22.4 Å². The third kappa shape index (κ3) is 3.79. The predicted molar refractivity (Wildman–Crippen MR) is 116 cm³/mol. The lowest BCUT2D eigenvalue weighted by Gasteiger charge is -2.13. The Morgan fingerprint density at radius 3 is 3.00 bits per heavy atom. The Hall–Kier alpha value is -2.32. The molecule has 0 radical (unpaired) electrons. The number of ether oxygens (including phenoxy) is 1. The van der Waals surface area contributed by atoms with E-state index in [1.54, 1.807) is 6.07 Å². The number of ketones is 1. The molecule has 0 fully saturated rings. The molecular formula is C21H23N3O3S2. The molecule has 1 amide bonds. The first-order valence-corrected chi connectivity index (χ1v) is 11.7. The fourth-order valence-electron chi connectivity index (χ4n) is 3.97. The number of hydrogen-bond acceptors (Lipinski definition) is 6. The summed E-state index contributed by atoms with van der Waals surface area (Å²) in [6.45, 7) is 1.08. The number of nitrogens with one attached hydrogen (secondary N) is 2. The number of benzene rings is 1. The van der Waals surface area contributed by atoms with Crippen LogP contribution in [-0.2, 0) is 6.42 Å². The Morgan fingerprint density at radius 2 is 2.24 bits per heavy atom. The SMILES string of the molecule is CSc1sc(C(=O)NCCC2COc3ccc(C(=N)N)cc32)c2c1C(=O)CCC2. The minimum atomic E-state index is -0.0992. The van der Waals surface area contributed by atoms with E-state index in [1.165, 1.54) is 23.1 Å². The minimum Gasteiger partial charge on any atom is -0.493 e. The summed E-state index contributed by atoms with van der Waals surface area (Å²) in [5.41, 5.74) is 9.01. The summed E-state index contributed by atoms with van der Waals surface area (Å²) in [7, 11) is 0. The Morgan fingerprint density at radius 1 is 1.41 bits per heavy atom. The highest BCUT2D eigenvalue weighted by atomic mass is 32.2. The number of fused-ring (bicyclic) bond motifs is 2. The van der Waals surface area contributed by atoms with Crippen LogP contribution >= 0.6 is 23.1 Å². The number of carbonyl (C=O) groups is 2. The van der Waals surface area contributed by atoms with Gasteiger partial charge in [-0.05, 0) is 49.3 Å². The first-order chi connectivity index (χ1) is 14.0. The van der Waals surface area contributed by atoms with E-state index in [4.69, 9.17) is 15.9 Å². The van der Waals surface area contributed by atoms with Crippen molar-refractivity contribution < 1.29 is 14.3 Å². The van der Waals surface area contributed by atoms with Crippen molar-refractivity contribution in [2.75, 3.05) is 19.4 Å². The summed E-state index contributed by atoms with van der Waals surface area (Å²) in [6.07, 6.45) is 4.86. The van der Waals surface area contributed by atoms with E-state index in [1.807, 2.05) is 18.4 Å². The maximum atomic E-state index is 12.8. The number of amides is 1. The lowest BCUT2D eigenvalue weighted by Crippen LogP contribution is -2.26. The molecule has 1 aliphatic carbocycles. The molecule has 0 saturated carbocycles. The fourth-order valence-corrected chi connectivity index (χ4v) is 6.01. The maximum absolute atomic E-state index is 12.8.